The first-order valence-electron chi connectivity index (χ1n) is 7.14. The number of hydrogen-bond donors (Lipinski definition) is 1. The number of aliphatic carboxylic acids is 1. The number of nitrogens with zero attached hydrogens (tertiary/aromatic N) is 2. The normalized spacial score (nSPS) is 22.0. The zero-order chi connectivity index (χ0) is 15.7. The molecule has 21 heavy (non-hydrogen) atoms. The maximum Gasteiger partial charge on any atom is 0.309 e. The number of likely N-dealkylation sites (tertiary alicyclic amines) is 1. The smallest absolute Gasteiger partial charge is 0.309 e. The Bertz CT molecular complexity index is 537. The van der Waals surface area contributed by atoms with E-state index in [9.17, 15) is 14.7 Å². The van der Waals surface area contributed by atoms with Gasteiger partial charge >= 0.3 is 5.97 Å². The summed E-state index contributed by atoms with van der Waals surface area (Å²) in [5.41, 5.74) is 1.93. The molecule has 0 aliphatic carbocycles. The number of hydrogen-bond acceptors (Lipinski definition) is 3. The summed E-state index contributed by atoms with van der Waals surface area (Å²) < 4.78 is 0. The van der Waals surface area contributed by atoms with Gasteiger partial charge < -0.3 is 14.9 Å². The van der Waals surface area contributed by atoms with Crippen molar-refractivity contribution in [2.75, 3.05) is 19.0 Å². The monoisotopic (exact) mass is 290 g/mol. The summed E-state index contributed by atoms with van der Waals surface area (Å²) in [6.45, 7) is 3.84. The number of carboxylic acid groups (broad SMARTS) is 1. The third-order valence-electron chi connectivity index (χ3n) is 3.99. The second kappa shape index (κ2) is 5.76. The quantitative estimate of drug-likeness (QED) is 0.923. The summed E-state index contributed by atoms with van der Waals surface area (Å²) in [4.78, 5) is 27.3. The van der Waals surface area contributed by atoms with Crippen LogP contribution in [0.4, 0.5) is 5.69 Å². The maximum absolute atomic E-state index is 12.1. The molecule has 1 fully saturated rings. The van der Waals surface area contributed by atoms with E-state index in [0.29, 0.717) is 0 Å². The van der Waals surface area contributed by atoms with E-state index in [0.717, 1.165) is 11.3 Å². The Balaban J connectivity index is 2.40. The highest BCUT2D eigenvalue weighted by atomic mass is 16.4. The molecule has 1 aromatic rings. The summed E-state index contributed by atoms with van der Waals surface area (Å²) in [7, 11) is 3.91. The molecule has 0 saturated carbocycles. The molecule has 1 aromatic carbocycles. The number of anilines is 1. The molecule has 114 valence electrons. The minimum absolute atomic E-state index is 0.0135. The molecule has 2 atom stereocenters. The van der Waals surface area contributed by atoms with E-state index >= 15 is 0 Å². The first-order valence-corrected chi connectivity index (χ1v) is 7.14. The van der Waals surface area contributed by atoms with Crippen LogP contribution in [0.25, 0.3) is 0 Å². The molecule has 5 nitrogen and oxygen atoms in total. The number of carbonyl (C=O) groups excluding carboxylic acids is 1. The molecule has 2 unspecified atom stereocenters. The highest BCUT2D eigenvalue weighted by Gasteiger charge is 2.45. The van der Waals surface area contributed by atoms with Crippen LogP contribution in [0, 0.1) is 5.92 Å². The van der Waals surface area contributed by atoms with Gasteiger partial charge in [0.1, 0.15) is 0 Å². The van der Waals surface area contributed by atoms with Crippen LogP contribution in [0.1, 0.15) is 31.9 Å². The minimum atomic E-state index is -0.909. The zero-order valence-corrected chi connectivity index (χ0v) is 12.9. The zero-order valence-electron chi connectivity index (χ0n) is 12.9. The van der Waals surface area contributed by atoms with Crippen molar-refractivity contribution in [3.05, 3.63) is 29.8 Å². The van der Waals surface area contributed by atoms with Crippen molar-refractivity contribution in [3.63, 3.8) is 0 Å². The lowest BCUT2D eigenvalue weighted by atomic mass is 9.93. The molecule has 1 amide bonds. The summed E-state index contributed by atoms with van der Waals surface area (Å²) in [6.07, 6.45) is 0.0770. The fraction of sp³-hybridized carbons (Fsp3) is 0.500. The van der Waals surface area contributed by atoms with Crippen molar-refractivity contribution < 1.29 is 14.7 Å². The van der Waals surface area contributed by atoms with Gasteiger partial charge in [-0.05, 0) is 31.5 Å². The minimum Gasteiger partial charge on any atom is -0.481 e. The van der Waals surface area contributed by atoms with E-state index in [-0.39, 0.29) is 24.4 Å². The van der Waals surface area contributed by atoms with Gasteiger partial charge in [0, 0.05) is 32.2 Å². The Kier molecular flexibility index (Phi) is 4.21. The van der Waals surface area contributed by atoms with Gasteiger partial charge in [-0.2, -0.15) is 0 Å². The van der Waals surface area contributed by atoms with E-state index in [1.807, 2.05) is 57.1 Å². The Labute approximate surface area is 125 Å². The van der Waals surface area contributed by atoms with Gasteiger partial charge in [-0.15, -0.1) is 0 Å². The van der Waals surface area contributed by atoms with Crippen molar-refractivity contribution >= 4 is 17.6 Å². The van der Waals surface area contributed by atoms with E-state index in [1.165, 1.54) is 0 Å². The van der Waals surface area contributed by atoms with Crippen LogP contribution in [0.15, 0.2) is 24.3 Å². The molecule has 1 N–H and O–H groups in total. The second-order valence-corrected chi connectivity index (χ2v) is 5.97. The lowest BCUT2D eigenvalue weighted by Crippen LogP contribution is -2.36. The average Bonchev–Trinajstić information content (AvgIpc) is 2.76. The summed E-state index contributed by atoms with van der Waals surface area (Å²) in [5, 5.41) is 9.42. The molecule has 0 spiro atoms. The van der Waals surface area contributed by atoms with Crippen molar-refractivity contribution in [2.24, 2.45) is 5.92 Å². The first kappa shape index (κ1) is 15.4. The van der Waals surface area contributed by atoms with E-state index in [1.54, 1.807) is 4.90 Å². The molecule has 1 saturated heterocycles. The van der Waals surface area contributed by atoms with Crippen molar-refractivity contribution in [1.29, 1.82) is 0 Å². The van der Waals surface area contributed by atoms with Crippen LogP contribution in [0.5, 0.6) is 0 Å². The first-order chi connectivity index (χ1) is 9.82. The number of benzene rings is 1. The molecule has 0 bridgehead atoms. The molecule has 0 aromatic heterocycles. The highest BCUT2D eigenvalue weighted by Crippen LogP contribution is 2.40. The number of amides is 1. The second-order valence-electron chi connectivity index (χ2n) is 5.97. The molecule has 5 heteroatoms. The van der Waals surface area contributed by atoms with Gasteiger partial charge in [0.15, 0.2) is 0 Å². The van der Waals surface area contributed by atoms with Gasteiger partial charge in [0.2, 0.25) is 5.91 Å². The van der Waals surface area contributed by atoms with Crippen molar-refractivity contribution in [2.45, 2.75) is 32.4 Å². The molecule has 1 heterocycles. The average molecular weight is 290 g/mol. The van der Waals surface area contributed by atoms with Crippen LogP contribution in [0.2, 0.25) is 0 Å². The lowest BCUT2D eigenvalue weighted by molar-refractivity contribution is -0.142. The molecule has 0 radical (unpaired) electrons. The number of carboxylic acids is 1. The SMILES string of the molecule is CC(C)N1C(=O)CC(C(=O)O)C1c1ccc(N(C)C)cc1. The summed E-state index contributed by atoms with van der Waals surface area (Å²) in [5.74, 6) is -1.67. The largest absolute Gasteiger partial charge is 0.481 e. The van der Waals surface area contributed by atoms with Gasteiger partial charge in [-0.3, -0.25) is 9.59 Å². The van der Waals surface area contributed by atoms with Gasteiger partial charge in [0.05, 0.1) is 12.0 Å². The standard InChI is InChI=1S/C16H22N2O3/c1-10(2)18-14(19)9-13(16(20)21)15(18)11-5-7-12(8-6-11)17(3)4/h5-8,10,13,15H,9H2,1-4H3,(H,20,21). The predicted octanol–water partition coefficient (Wildman–Crippen LogP) is 2.14. The Morgan fingerprint density at radius 3 is 2.29 bits per heavy atom. The van der Waals surface area contributed by atoms with Gasteiger partial charge in [-0.1, -0.05) is 12.1 Å². The van der Waals surface area contributed by atoms with Crippen LogP contribution < -0.4 is 4.90 Å². The molecular weight excluding hydrogens is 268 g/mol. The fourth-order valence-electron chi connectivity index (χ4n) is 2.95. The number of rotatable bonds is 4. The molecule has 1 aliphatic rings. The Hall–Kier alpha value is -2.04. The van der Waals surface area contributed by atoms with E-state index in [4.69, 9.17) is 0 Å². The number of carbonyl (C=O) groups is 2. The van der Waals surface area contributed by atoms with Gasteiger partial charge in [0.25, 0.3) is 0 Å². The van der Waals surface area contributed by atoms with Crippen molar-refractivity contribution in [3.8, 4) is 0 Å². The molecular formula is C16H22N2O3. The third-order valence-corrected chi connectivity index (χ3v) is 3.99. The Morgan fingerprint density at radius 1 is 1.29 bits per heavy atom. The fourth-order valence-corrected chi connectivity index (χ4v) is 2.95. The van der Waals surface area contributed by atoms with Crippen LogP contribution >= 0.6 is 0 Å². The highest BCUT2D eigenvalue weighted by molar-refractivity contribution is 5.87. The van der Waals surface area contributed by atoms with Crippen LogP contribution in [-0.2, 0) is 9.59 Å². The summed E-state index contributed by atoms with van der Waals surface area (Å²) >= 11 is 0. The topological polar surface area (TPSA) is 60.9 Å². The predicted molar refractivity (Wildman–Crippen MR) is 81.2 cm³/mol. The van der Waals surface area contributed by atoms with Crippen LogP contribution in [-0.4, -0.2) is 42.0 Å². The van der Waals surface area contributed by atoms with E-state index < -0.39 is 11.9 Å². The Morgan fingerprint density at radius 2 is 1.86 bits per heavy atom. The van der Waals surface area contributed by atoms with E-state index in [2.05, 4.69) is 0 Å². The molecule has 1 aliphatic heterocycles. The summed E-state index contributed by atoms with van der Waals surface area (Å²) in [6, 6.07) is 7.35. The van der Waals surface area contributed by atoms with Crippen LogP contribution in [0.3, 0.4) is 0 Å². The van der Waals surface area contributed by atoms with Gasteiger partial charge in [-0.25, -0.2) is 0 Å². The molecule has 2 rings (SSSR count). The lowest BCUT2D eigenvalue weighted by Gasteiger charge is -2.31. The maximum atomic E-state index is 12.1. The van der Waals surface area contributed by atoms with Crippen molar-refractivity contribution in [1.82, 2.24) is 4.90 Å². The third kappa shape index (κ3) is 2.86.